The van der Waals surface area contributed by atoms with Gasteiger partial charge < -0.3 is 9.80 Å². The van der Waals surface area contributed by atoms with Crippen molar-refractivity contribution in [3.63, 3.8) is 0 Å². The second-order valence-electron chi connectivity index (χ2n) is 6.94. The van der Waals surface area contributed by atoms with E-state index in [-0.39, 0.29) is 22.5 Å². The van der Waals surface area contributed by atoms with E-state index in [1.807, 2.05) is 13.8 Å². The summed E-state index contributed by atoms with van der Waals surface area (Å²) in [5, 5.41) is -0.0999. The van der Waals surface area contributed by atoms with Gasteiger partial charge in [-0.3, -0.25) is 4.79 Å². The number of aromatic nitrogens is 2. The van der Waals surface area contributed by atoms with Gasteiger partial charge in [-0.2, -0.15) is 0 Å². The van der Waals surface area contributed by atoms with E-state index in [2.05, 4.69) is 14.9 Å². The largest absolute Gasteiger partial charge is 0.356 e. The van der Waals surface area contributed by atoms with Gasteiger partial charge in [0.25, 0.3) is 12.3 Å². The van der Waals surface area contributed by atoms with Crippen molar-refractivity contribution in [2.24, 2.45) is 0 Å². The van der Waals surface area contributed by atoms with Crippen molar-refractivity contribution >= 4 is 23.3 Å². The summed E-state index contributed by atoms with van der Waals surface area (Å²) in [5.74, 6) is 1.33. The summed E-state index contributed by atoms with van der Waals surface area (Å²) in [6.45, 7) is 6.07. The summed E-state index contributed by atoms with van der Waals surface area (Å²) in [5.41, 5.74) is 1.84. The van der Waals surface area contributed by atoms with Crippen molar-refractivity contribution in [3.8, 4) is 0 Å². The number of fused-ring (bicyclic) bond motifs is 1. The highest BCUT2D eigenvalue weighted by molar-refractivity contribution is 6.31. The lowest BCUT2D eigenvalue weighted by molar-refractivity contribution is 0.0703. The van der Waals surface area contributed by atoms with Gasteiger partial charge in [0.15, 0.2) is 0 Å². The molecule has 0 N–H and O–H groups in total. The summed E-state index contributed by atoms with van der Waals surface area (Å²) >= 11 is 5.93. The maximum absolute atomic E-state index is 13.0. The summed E-state index contributed by atoms with van der Waals surface area (Å²) in [4.78, 5) is 26.0. The summed E-state index contributed by atoms with van der Waals surface area (Å²) in [7, 11) is 0. The van der Waals surface area contributed by atoms with Crippen LogP contribution in [-0.4, -0.2) is 33.9 Å². The van der Waals surface area contributed by atoms with Gasteiger partial charge in [-0.25, -0.2) is 18.7 Å². The number of carbonyl (C=O) groups excluding carboxylic acids is 1. The predicted molar refractivity (Wildman–Crippen MR) is 98.3 cm³/mol. The van der Waals surface area contributed by atoms with E-state index in [0.717, 1.165) is 36.6 Å². The lowest BCUT2D eigenvalue weighted by Crippen LogP contribution is -2.39. The Morgan fingerprint density at radius 3 is 2.63 bits per heavy atom. The molecule has 1 aromatic carbocycles. The first-order chi connectivity index (χ1) is 12.9. The Bertz CT molecular complexity index is 917. The van der Waals surface area contributed by atoms with Gasteiger partial charge in [-0.05, 0) is 32.4 Å². The van der Waals surface area contributed by atoms with Crippen molar-refractivity contribution in [1.29, 1.82) is 0 Å². The molecule has 0 aliphatic carbocycles. The van der Waals surface area contributed by atoms with Gasteiger partial charge in [0.05, 0.1) is 23.3 Å². The van der Waals surface area contributed by atoms with Crippen LogP contribution in [0.1, 0.15) is 58.8 Å². The second-order valence-corrected chi connectivity index (χ2v) is 7.35. The van der Waals surface area contributed by atoms with Crippen LogP contribution < -0.4 is 4.90 Å². The maximum Gasteiger partial charge on any atom is 0.265 e. The Balaban J connectivity index is 1.66. The van der Waals surface area contributed by atoms with E-state index in [0.29, 0.717) is 17.9 Å². The molecule has 2 aliphatic heterocycles. The number of amides is 1. The van der Waals surface area contributed by atoms with Crippen molar-refractivity contribution in [2.45, 2.75) is 39.3 Å². The smallest absolute Gasteiger partial charge is 0.265 e. The summed E-state index contributed by atoms with van der Waals surface area (Å²) in [6, 6.07) is 3.73. The molecular weight excluding hydrogens is 374 g/mol. The fourth-order valence-electron chi connectivity index (χ4n) is 3.65. The molecule has 1 atom stereocenters. The zero-order valence-corrected chi connectivity index (χ0v) is 15.8. The number of rotatable bonds is 3. The van der Waals surface area contributed by atoms with Gasteiger partial charge >= 0.3 is 0 Å². The van der Waals surface area contributed by atoms with Crippen LogP contribution in [0, 0.1) is 6.92 Å². The molecule has 0 saturated carbocycles. The number of anilines is 1. The Kier molecular flexibility index (Phi) is 4.50. The molecule has 1 aromatic heterocycles. The zero-order chi connectivity index (χ0) is 19.3. The van der Waals surface area contributed by atoms with Gasteiger partial charge in [0.2, 0.25) is 0 Å². The van der Waals surface area contributed by atoms with Crippen LogP contribution in [0.5, 0.6) is 0 Å². The highest BCUT2D eigenvalue weighted by atomic mass is 35.5. The molecule has 1 amide bonds. The van der Waals surface area contributed by atoms with Gasteiger partial charge in [0.1, 0.15) is 11.6 Å². The van der Waals surface area contributed by atoms with Crippen molar-refractivity contribution < 1.29 is 13.6 Å². The number of aryl methyl sites for hydroxylation is 1. The first-order valence-electron chi connectivity index (χ1n) is 8.87. The monoisotopic (exact) mass is 392 g/mol. The Labute approximate surface area is 161 Å². The molecule has 1 fully saturated rings. The van der Waals surface area contributed by atoms with Crippen LogP contribution in [0.4, 0.5) is 14.6 Å². The van der Waals surface area contributed by atoms with Crippen LogP contribution >= 0.6 is 11.6 Å². The zero-order valence-electron chi connectivity index (χ0n) is 15.0. The Hall–Kier alpha value is -2.28. The number of carbonyl (C=O) groups is 1. The topological polar surface area (TPSA) is 49.3 Å². The molecule has 142 valence electrons. The highest BCUT2D eigenvalue weighted by Crippen LogP contribution is 2.40. The summed E-state index contributed by atoms with van der Waals surface area (Å²) < 4.78 is 25.8. The number of halogens is 3. The van der Waals surface area contributed by atoms with E-state index >= 15 is 0 Å². The number of hydrogen-bond acceptors (Lipinski definition) is 4. The minimum atomic E-state index is -2.67. The van der Waals surface area contributed by atoms with Gasteiger partial charge in [-0.1, -0.05) is 17.7 Å². The molecule has 27 heavy (non-hydrogen) atoms. The number of alkyl halides is 2. The van der Waals surface area contributed by atoms with E-state index < -0.39 is 6.43 Å². The lowest BCUT2D eigenvalue weighted by atomic mass is 10.1. The minimum Gasteiger partial charge on any atom is -0.356 e. The normalized spacial score (nSPS) is 18.7. The maximum atomic E-state index is 13.0. The predicted octanol–water partition coefficient (Wildman–Crippen LogP) is 4.30. The molecule has 0 spiro atoms. The highest BCUT2D eigenvalue weighted by Gasteiger charge is 2.37. The lowest BCUT2D eigenvalue weighted by Gasteiger charge is -2.34. The molecule has 2 aliphatic rings. The van der Waals surface area contributed by atoms with Crippen molar-refractivity contribution in [3.05, 3.63) is 51.4 Å². The Morgan fingerprint density at radius 2 is 2.04 bits per heavy atom. The van der Waals surface area contributed by atoms with Crippen LogP contribution in [-0.2, 0) is 6.54 Å². The third kappa shape index (κ3) is 3.04. The molecule has 2 aromatic rings. The SMILES string of the molecule is Cc1nc2c(c(N3CCC3)n1)[C@@H](C)N(C(=O)c1ccc(C(F)F)c(Cl)c1)C2. The van der Waals surface area contributed by atoms with Crippen LogP contribution in [0.25, 0.3) is 0 Å². The first kappa shape index (κ1) is 18.1. The molecule has 4 rings (SSSR count). The molecule has 0 unspecified atom stereocenters. The molecule has 0 bridgehead atoms. The second kappa shape index (κ2) is 6.71. The number of benzene rings is 1. The Morgan fingerprint density at radius 1 is 1.30 bits per heavy atom. The molecule has 3 heterocycles. The van der Waals surface area contributed by atoms with E-state index in [1.54, 1.807) is 4.90 Å². The summed E-state index contributed by atoms with van der Waals surface area (Å²) in [6.07, 6.45) is -1.54. The van der Waals surface area contributed by atoms with Gasteiger partial charge in [-0.15, -0.1) is 0 Å². The third-order valence-electron chi connectivity index (χ3n) is 5.22. The van der Waals surface area contributed by atoms with E-state index in [9.17, 15) is 13.6 Å². The quantitative estimate of drug-likeness (QED) is 0.781. The average Bonchev–Trinajstić information content (AvgIpc) is 2.88. The van der Waals surface area contributed by atoms with Crippen molar-refractivity contribution in [1.82, 2.24) is 14.9 Å². The van der Waals surface area contributed by atoms with Gasteiger partial charge in [0, 0.05) is 29.8 Å². The number of hydrogen-bond donors (Lipinski definition) is 0. The molecule has 0 radical (unpaired) electrons. The average molecular weight is 393 g/mol. The van der Waals surface area contributed by atoms with E-state index in [4.69, 9.17) is 11.6 Å². The fourth-order valence-corrected chi connectivity index (χ4v) is 3.91. The van der Waals surface area contributed by atoms with E-state index in [1.165, 1.54) is 18.2 Å². The third-order valence-corrected chi connectivity index (χ3v) is 5.55. The van der Waals surface area contributed by atoms with Crippen LogP contribution in [0.2, 0.25) is 5.02 Å². The fraction of sp³-hybridized carbons (Fsp3) is 0.421. The minimum absolute atomic E-state index is 0.0999. The van der Waals surface area contributed by atoms with Crippen molar-refractivity contribution in [2.75, 3.05) is 18.0 Å². The standard InChI is InChI=1S/C19H19ClF2N4O/c1-10-16-15(23-11(2)24-18(16)25-6-3-7-25)9-26(10)19(27)12-4-5-13(17(21)22)14(20)8-12/h4-5,8,10,17H,3,6-7,9H2,1-2H3/t10-/m1/s1. The molecular formula is C19H19ClF2N4O. The van der Waals surface area contributed by atoms with Crippen LogP contribution in [0.3, 0.4) is 0 Å². The van der Waals surface area contributed by atoms with Crippen LogP contribution in [0.15, 0.2) is 18.2 Å². The molecule has 1 saturated heterocycles. The number of nitrogens with zero attached hydrogens (tertiary/aromatic N) is 4. The molecule has 8 heteroatoms. The first-order valence-corrected chi connectivity index (χ1v) is 9.25. The molecule has 5 nitrogen and oxygen atoms in total.